The van der Waals surface area contributed by atoms with Gasteiger partial charge in [0.05, 0.1) is 12.8 Å². The molecule has 0 saturated heterocycles. The molecule has 2 heterocycles. The minimum atomic E-state index is 0.450. The van der Waals surface area contributed by atoms with Crippen LogP contribution >= 0.6 is 11.5 Å². The van der Waals surface area contributed by atoms with Crippen LogP contribution in [-0.4, -0.2) is 27.3 Å². The van der Waals surface area contributed by atoms with Crippen molar-refractivity contribution < 1.29 is 4.74 Å². The normalized spacial score (nSPS) is 10.6. The van der Waals surface area contributed by atoms with Crippen LogP contribution in [0.15, 0.2) is 12.4 Å². The molecule has 0 aliphatic rings. The summed E-state index contributed by atoms with van der Waals surface area (Å²) in [6.45, 7) is 3.31. The van der Waals surface area contributed by atoms with Gasteiger partial charge in [0.15, 0.2) is 16.6 Å². The Kier molecular flexibility index (Phi) is 4.03. The Morgan fingerprint density at radius 3 is 3.06 bits per heavy atom. The maximum atomic E-state index is 5.73. The zero-order chi connectivity index (χ0) is 13.0. The van der Waals surface area contributed by atoms with Crippen LogP contribution in [0.1, 0.15) is 12.5 Å². The van der Waals surface area contributed by atoms with Crippen LogP contribution < -0.4 is 15.8 Å². The molecule has 0 radical (unpaired) electrons. The third-order valence-corrected chi connectivity index (χ3v) is 3.22. The van der Waals surface area contributed by atoms with Crippen LogP contribution in [-0.2, 0) is 13.5 Å². The number of ether oxygens (including phenoxy) is 1. The summed E-state index contributed by atoms with van der Waals surface area (Å²) in [5.41, 5.74) is 6.93. The van der Waals surface area contributed by atoms with Gasteiger partial charge in [-0.25, -0.2) is 0 Å². The molecule has 0 atom stereocenters. The number of nitrogen functional groups attached to an aromatic ring is 1. The van der Waals surface area contributed by atoms with E-state index in [0.717, 1.165) is 18.0 Å². The fraction of sp³-hybridized carbons (Fsp3) is 0.455. The lowest BCUT2D eigenvalue weighted by Crippen LogP contribution is -2.05. The molecule has 0 aliphatic carbocycles. The number of hydrogen-bond acceptors (Lipinski definition) is 6. The first-order valence-corrected chi connectivity index (χ1v) is 6.57. The van der Waals surface area contributed by atoms with E-state index in [9.17, 15) is 0 Å². The molecule has 0 saturated carbocycles. The van der Waals surface area contributed by atoms with Gasteiger partial charge >= 0.3 is 0 Å². The van der Waals surface area contributed by atoms with E-state index in [2.05, 4.69) is 14.8 Å². The van der Waals surface area contributed by atoms with Gasteiger partial charge in [-0.3, -0.25) is 4.68 Å². The van der Waals surface area contributed by atoms with Crippen molar-refractivity contribution in [2.45, 2.75) is 13.3 Å². The molecular weight excluding hydrogens is 250 g/mol. The number of aryl methyl sites for hydroxylation is 1. The molecule has 2 aromatic heterocycles. The third kappa shape index (κ3) is 2.92. The van der Waals surface area contributed by atoms with E-state index in [1.54, 1.807) is 4.68 Å². The largest absolute Gasteiger partial charge is 0.487 e. The van der Waals surface area contributed by atoms with E-state index in [-0.39, 0.29) is 0 Å². The number of anilines is 2. The Morgan fingerprint density at radius 2 is 2.39 bits per heavy atom. The third-order valence-electron chi connectivity index (χ3n) is 2.42. The van der Waals surface area contributed by atoms with Gasteiger partial charge in [0.25, 0.3) is 0 Å². The first kappa shape index (κ1) is 12.7. The van der Waals surface area contributed by atoms with Crippen molar-refractivity contribution in [1.29, 1.82) is 0 Å². The van der Waals surface area contributed by atoms with Crippen molar-refractivity contribution in [3.05, 3.63) is 18.0 Å². The number of nitrogens with zero attached hydrogens (tertiary/aromatic N) is 3. The highest BCUT2D eigenvalue weighted by Gasteiger charge is 2.11. The van der Waals surface area contributed by atoms with Crippen LogP contribution in [0.5, 0.6) is 5.75 Å². The van der Waals surface area contributed by atoms with E-state index in [0.29, 0.717) is 18.2 Å². The minimum absolute atomic E-state index is 0.450. The van der Waals surface area contributed by atoms with Crippen molar-refractivity contribution in [1.82, 2.24) is 14.2 Å². The van der Waals surface area contributed by atoms with Crippen LogP contribution in [0.4, 0.5) is 10.8 Å². The molecular formula is C11H17N5OS. The van der Waals surface area contributed by atoms with E-state index >= 15 is 0 Å². The molecule has 3 N–H and O–H groups in total. The van der Waals surface area contributed by atoms with Crippen molar-refractivity contribution in [2.75, 3.05) is 24.2 Å². The van der Waals surface area contributed by atoms with Crippen LogP contribution in [0.2, 0.25) is 0 Å². The van der Waals surface area contributed by atoms with E-state index in [1.807, 2.05) is 26.4 Å². The SMILES string of the molecule is CCOc1c(N)nsc1NCCc1cnn(C)c1. The van der Waals surface area contributed by atoms with Gasteiger partial charge in [0, 0.05) is 19.8 Å². The number of nitrogens with one attached hydrogen (secondary N) is 1. The number of aromatic nitrogens is 3. The summed E-state index contributed by atoms with van der Waals surface area (Å²) < 4.78 is 11.3. The lowest BCUT2D eigenvalue weighted by atomic mass is 10.2. The molecule has 0 bridgehead atoms. The highest BCUT2D eigenvalue weighted by molar-refractivity contribution is 7.11. The predicted octanol–water partition coefficient (Wildman–Crippen LogP) is 1.51. The Balaban J connectivity index is 1.90. The highest BCUT2D eigenvalue weighted by atomic mass is 32.1. The zero-order valence-electron chi connectivity index (χ0n) is 10.5. The maximum absolute atomic E-state index is 5.73. The maximum Gasteiger partial charge on any atom is 0.197 e. The van der Waals surface area contributed by atoms with Crippen molar-refractivity contribution in [3.8, 4) is 5.75 Å². The van der Waals surface area contributed by atoms with E-state index in [4.69, 9.17) is 10.5 Å². The summed E-state index contributed by atoms with van der Waals surface area (Å²) in [6, 6.07) is 0. The van der Waals surface area contributed by atoms with Crippen molar-refractivity contribution in [3.63, 3.8) is 0 Å². The van der Waals surface area contributed by atoms with Crippen molar-refractivity contribution >= 4 is 22.4 Å². The van der Waals surface area contributed by atoms with Gasteiger partial charge in [-0.15, -0.1) is 0 Å². The Morgan fingerprint density at radius 1 is 1.56 bits per heavy atom. The molecule has 0 fully saturated rings. The summed E-state index contributed by atoms with van der Waals surface area (Å²) in [5, 5.41) is 8.31. The standard InChI is InChI=1S/C11H17N5OS/c1-3-17-9-10(12)15-18-11(9)13-5-4-8-6-14-16(2)7-8/h6-7,13H,3-5H2,1-2H3,(H2,12,15). The summed E-state index contributed by atoms with van der Waals surface area (Å²) >= 11 is 1.32. The van der Waals surface area contributed by atoms with Crippen LogP contribution in [0, 0.1) is 0 Å². The monoisotopic (exact) mass is 267 g/mol. The van der Waals surface area contributed by atoms with Gasteiger partial charge in [-0.2, -0.15) is 9.47 Å². The molecule has 7 heteroatoms. The number of nitrogens with two attached hydrogens (primary N) is 1. The topological polar surface area (TPSA) is 78.0 Å². The van der Waals surface area contributed by atoms with E-state index in [1.165, 1.54) is 17.1 Å². The molecule has 2 rings (SSSR count). The average Bonchev–Trinajstić information content (AvgIpc) is 2.90. The highest BCUT2D eigenvalue weighted by Crippen LogP contribution is 2.34. The lowest BCUT2D eigenvalue weighted by Gasteiger charge is -2.06. The smallest absolute Gasteiger partial charge is 0.197 e. The lowest BCUT2D eigenvalue weighted by molar-refractivity contribution is 0.344. The van der Waals surface area contributed by atoms with Crippen molar-refractivity contribution in [2.24, 2.45) is 7.05 Å². The second kappa shape index (κ2) is 5.72. The van der Waals surface area contributed by atoms with Gasteiger partial charge in [0.2, 0.25) is 0 Å². The number of hydrogen-bond donors (Lipinski definition) is 2. The average molecular weight is 267 g/mol. The Hall–Kier alpha value is -1.76. The molecule has 98 valence electrons. The summed E-state index contributed by atoms with van der Waals surface area (Å²) in [4.78, 5) is 0. The Labute approximate surface area is 110 Å². The first-order chi connectivity index (χ1) is 8.70. The second-order valence-corrected chi connectivity index (χ2v) is 4.63. The zero-order valence-corrected chi connectivity index (χ0v) is 11.3. The van der Waals surface area contributed by atoms with Gasteiger partial charge < -0.3 is 15.8 Å². The first-order valence-electron chi connectivity index (χ1n) is 5.80. The summed E-state index contributed by atoms with van der Waals surface area (Å²) in [7, 11) is 1.91. The molecule has 18 heavy (non-hydrogen) atoms. The van der Waals surface area contributed by atoms with Gasteiger partial charge in [0.1, 0.15) is 0 Å². The molecule has 0 amide bonds. The van der Waals surface area contributed by atoms with Crippen LogP contribution in [0.25, 0.3) is 0 Å². The van der Waals surface area contributed by atoms with Crippen LogP contribution in [0.3, 0.4) is 0 Å². The van der Waals surface area contributed by atoms with Gasteiger partial charge in [-0.05, 0) is 30.4 Å². The fourth-order valence-electron chi connectivity index (χ4n) is 1.61. The van der Waals surface area contributed by atoms with Gasteiger partial charge in [-0.1, -0.05) is 0 Å². The molecule has 0 aliphatic heterocycles. The predicted molar refractivity (Wildman–Crippen MR) is 73.1 cm³/mol. The molecule has 6 nitrogen and oxygen atoms in total. The number of rotatable bonds is 6. The summed E-state index contributed by atoms with van der Waals surface area (Å²) in [5.74, 6) is 1.11. The van der Waals surface area contributed by atoms with E-state index < -0.39 is 0 Å². The summed E-state index contributed by atoms with van der Waals surface area (Å²) in [6.07, 6.45) is 4.77. The molecule has 0 spiro atoms. The molecule has 2 aromatic rings. The molecule has 0 unspecified atom stereocenters. The fourth-order valence-corrected chi connectivity index (χ4v) is 2.30. The second-order valence-electron chi connectivity index (χ2n) is 3.86. The minimum Gasteiger partial charge on any atom is -0.487 e. The Bertz CT molecular complexity index is 507. The quantitative estimate of drug-likeness (QED) is 0.829. The molecule has 0 aromatic carbocycles.